The summed E-state index contributed by atoms with van der Waals surface area (Å²) >= 11 is 42.3. The molecule has 0 fully saturated rings. The Morgan fingerprint density at radius 2 is 1.36 bits per heavy atom. The highest BCUT2D eigenvalue weighted by Gasteiger charge is 2.31. The second-order valence-electron chi connectivity index (χ2n) is 9.63. The highest BCUT2D eigenvalue weighted by molar-refractivity contribution is 8.24. The molecule has 6 heterocycles. The zero-order chi connectivity index (χ0) is 39.6. The summed E-state index contributed by atoms with van der Waals surface area (Å²) < 4.78 is 24.0. The average molecular weight is 947 g/mol. The van der Waals surface area contributed by atoms with E-state index in [-0.39, 0.29) is 40.8 Å². The van der Waals surface area contributed by atoms with E-state index in [2.05, 4.69) is 49.0 Å². The monoisotopic (exact) mass is 943 g/mol. The van der Waals surface area contributed by atoms with Crippen molar-refractivity contribution in [2.24, 2.45) is 0 Å². The first-order valence-corrected chi connectivity index (χ1v) is 23.4. The summed E-state index contributed by atoms with van der Waals surface area (Å²) in [7, 11) is 0. The summed E-state index contributed by atoms with van der Waals surface area (Å²) in [5.74, 6) is -2.15. The number of pyridine rings is 2. The van der Waals surface area contributed by atoms with Crippen molar-refractivity contribution in [3.05, 3.63) is 75.1 Å². The number of nitrogens with one attached hydrogen (secondary N) is 2. The quantitative estimate of drug-likeness (QED) is 0.0369. The van der Waals surface area contributed by atoms with Crippen LogP contribution >= 0.6 is 119 Å². The van der Waals surface area contributed by atoms with Crippen LogP contribution in [0.5, 0.6) is 5.75 Å². The molecule has 0 amide bonds. The summed E-state index contributed by atoms with van der Waals surface area (Å²) in [4.78, 5) is 52.9. The number of carbonyl (C=O) groups excluding carboxylic acids is 3. The van der Waals surface area contributed by atoms with E-state index < -0.39 is 34.2 Å². The fraction of sp³-hybridized carbons (Fsp3) is 0.233. The first-order valence-electron chi connectivity index (χ1n) is 14.5. The number of aromatic nitrogens is 2. The van der Waals surface area contributed by atoms with Crippen LogP contribution in [0.1, 0.15) is 47.1 Å². The fourth-order valence-corrected chi connectivity index (χ4v) is 7.92. The number of aromatic amines is 1. The van der Waals surface area contributed by atoms with E-state index in [1.54, 1.807) is 31.5 Å². The maximum atomic E-state index is 11.7. The Labute approximate surface area is 347 Å². The second kappa shape index (κ2) is 20.6. The Balaban J connectivity index is 0.000000201. The van der Waals surface area contributed by atoms with E-state index in [1.807, 2.05) is 21.5 Å². The van der Waals surface area contributed by atoms with Crippen molar-refractivity contribution in [2.75, 3.05) is 25.1 Å². The van der Waals surface area contributed by atoms with Crippen LogP contribution in [0.25, 0.3) is 26.8 Å². The minimum absolute atomic E-state index is 0.0781. The number of halogens is 7. The van der Waals surface area contributed by atoms with Crippen molar-refractivity contribution in [3.8, 4) is 5.75 Å². The van der Waals surface area contributed by atoms with E-state index in [1.165, 1.54) is 34.0 Å². The first kappa shape index (κ1) is 45.1. The molecule has 286 valence electrons. The average Bonchev–Trinajstić information content (AvgIpc) is 3.83. The molecule has 1 aliphatic rings. The van der Waals surface area contributed by atoms with Crippen LogP contribution in [0.15, 0.2) is 42.6 Å². The van der Waals surface area contributed by atoms with Gasteiger partial charge in [0, 0.05) is 43.2 Å². The van der Waals surface area contributed by atoms with Gasteiger partial charge in [0.1, 0.15) is 22.0 Å². The molecule has 1 atom stereocenters. The van der Waals surface area contributed by atoms with Crippen LogP contribution < -0.4 is 10.9 Å². The molecule has 12 nitrogen and oxygen atoms in total. The smallest absolute Gasteiger partial charge is 0.347 e. The standard InChI is InChI=1S/C10H9Cl2NO2S.C10H7Cl2NO2S.C10H9NO4S.Cl3OP/c2*1-2-15-10(14)7-8(11)5-3-16-4-6(5)13-9(7)12;1-2-15-10(14)7-8(12)5-3-16-4-6(5)11-9(7)13;1-5(2,3)4/h3-4,9,13H,2H2,1H3;3-4H,2H2,1H3;3-4,12H,2H2,1H3,(H,11,13);. The van der Waals surface area contributed by atoms with Gasteiger partial charge in [0.25, 0.3) is 5.56 Å². The van der Waals surface area contributed by atoms with Gasteiger partial charge in [-0.15, -0.1) is 34.0 Å². The van der Waals surface area contributed by atoms with Crippen LogP contribution in [0, 0.1) is 0 Å². The van der Waals surface area contributed by atoms with E-state index >= 15 is 0 Å². The van der Waals surface area contributed by atoms with Gasteiger partial charge in [0.2, 0.25) is 0 Å². The number of anilines is 1. The molecule has 0 aliphatic carbocycles. The molecule has 0 radical (unpaired) electrons. The third kappa shape index (κ3) is 12.1. The second-order valence-corrected chi connectivity index (χ2v) is 20.1. The maximum absolute atomic E-state index is 11.7. The molecule has 6 rings (SSSR count). The third-order valence-corrected chi connectivity index (χ3v) is 9.90. The molecule has 0 bridgehead atoms. The molecular weight excluding hydrogens is 922 g/mol. The number of alkyl halides is 1. The van der Waals surface area contributed by atoms with E-state index in [0.29, 0.717) is 33.1 Å². The van der Waals surface area contributed by atoms with Gasteiger partial charge in [0.05, 0.1) is 57.6 Å². The predicted molar refractivity (Wildman–Crippen MR) is 218 cm³/mol. The van der Waals surface area contributed by atoms with Crippen LogP contribution in [-0.2, 0) is 23.6 Å². The van der Waals surface area contributed by atoms with Gasteiger partial charge >= 0.3 is 23.1 Å². The number of esters is 3. The van der Waals surface area contributed by atoms with Gasteiger partial charge < -0.3 is 29.6 Å². The van der Waals surface area contributed by atoms with E-state index in [9.17, 15) is 28.8 Å². The molecule has 5 aromatic heterocycles. The molecule has 23 heteroatoms. The lowest BCUT2D eigenvalue weighted by atomic mass is 10.1. The van der Waals surface area contributed by atoms with Gasteiger partial charge in [-0.3, -0.25) is 9.36 Å². The number of aromatic hydroxyl groups is 1. The Kier molecular flexibility index (Phi) is 17.5. The lowest BCUT2D eigenvalue weighted by Crippen LogP contribution is -2.26. The zero-order valence-corrected chi connectivity index (χ0v) is 35.8. The van der Waals surface area contributed by atoms with Crippen molar-refractivity contribution < 1.29 is 38.3 Å². The number of H-pyrrole nitrogens is 1. The largest absolute Gasteiger partial charge is 0.506 e. The minimum atomic E-state index is -3.22. The van der Waals surface area contributed by atoms with Crippen molar-refractivity contribution in [1.29, 1.82) is 0 Å². The normalized spacial score (nSPS) is 13.3. The maximum Gasteiger partial charge on any atom is 0.347 e. The SMILES string of the molecule is CCOC(=O)C1=C(Cl)c2cscc2NC1Cl.CCOC(=O)c1c(Cl)nc2cscc2c1Cl.CCOC(=O)c1c(O)c2cscc2[nH]c1=O.O=P(Cl)(Cl)Cl. The Bertz CT molecular complexity index is 2240. The Hall–Kier alpha value is -2.27. The van der Waals surface area contributed by atoms with E-state index in [0.717, 1.165) is 16.6 Å². The number of rotatable bonds is 6. The van der Waals surface area contributed by atoms with Crippen LogP contribution in [0.3, 0.4) is 0 Å². The van der Waals surface area contributed by atoms with Crippen molar-refractivity contribution in [1.82, 2.24) is 9.97 Å². The Morgan fingerprint density at radius 1 is 0.830 bits per heavy atom. The number of nitrogens with zero attached hydrogens (tertiary/aromatic N) is 1. The number of fused-ring (bicyclic) bond motifs is 3. The topological polar surface area (TPSA) is 174 Å². The lowest BCUT2D eigenvalue weighted by Gasteiger charge is -2.22. The highest BCUT2D eigenvalue weighted by Crippen LogP contribution is 2.61. The molecule has 0 saturated heterocycles. The number of hydrogen-bond acceptors (Lipinski definition) is 14. The molecule has 0 saturated carbocycles. The van der Waals surface area contributed by atoms with Gasteiger partial charge in [-0.2, -0.15) is 0 Å². The molecule has 3 N–H and O–H groups in total. The first-order chi connectivity index (χ1) is 24.9. The van der Waals surface area contributed by atoms with Gasteiger partial charge in [-0.1, -0.05) is 46.4 Å². The number of carbonyl (C=O) groups is 3. The number of thiophene rings is 3. The molecular formula is C30H25Cl7N3O9PS3. The number of hydrogen-bond donors (Lipinski definition) is 3. The van der Waals surface area contributed by atoms with Gasteiger partial charge in [-0.25, -0.2) is 19.4 Å². The zero-order valence-electron chi connectivity index (χ0n) is 27.1. The van der Waals surface area contributed by atoms with Gasteiger partial charge in [0.15, 0.2) is 5.56 Å². The van der Waals surface area contributed by atoms with E-state index in [4.69, 9.17) is 60.6 Å². The number of ether oxygens (including phenoxy) is 3. The fourth-order valence-electron chi connectivity index (χ4n) is 4.15. The summed E-state index contributed by atoms with van der Waals surface area (Å²) in [6.45, 7) is 5.81. The molecule has 1 unspecified atom stereocenters. The van der Waals surface area contributed by atoms with Crippen molar-refractivity contribution in [2.45, 2.75) is 26.3 Å². The highest BCUT2D eigenvalue weighted by atomic mass is 36.0. The molecule has 1 aliphatic heterocycles. The van der Waals surface area contributed by atoms with Crippen LogP contribution in [0.4, 0.5) is 5.69 Å². The van der Waals surface area contributed by atoms with Crippen LogP contribution in [-0.4, -0.2) is 58.3 Å². The van der Waals surface area contributed by atoms with Crippen LogP contribution in [0.2, 0.25) is 10.2 Å². The van der Waals surface area contributed by atoms with Crippen molar-refractivity contribution >= 4 is 170 Å². The summed E-state index contributed by atoms with van der Waals surface area (Å²) in [5, 5.41) is 22.2. The minimum Gasteiger partial charge on any atom is -0.506 e. The summed E-state index contributed by atoms with van der Waals surface area (Å²) in [6, 6.07) is 0. The molecule has 53 heavy (non-hydrogen) atoms. The molecule has 0 spiro atoms. The lowest BCUT2D eigenvalue weighted by molar-refractivity contribution is -0.138. The third-order valence-electron chi connectivity index (χ3n) is 6.28. The summed E-state index contributed by atoms with van der Waals surface area (Å²) in [6.07, 6.45) is 0. The summed E-state index contributed by atoms with van der Waals surface area (Å²) in [5.41, 5.74) is 1.64. The predicted octanol–water partition coefficient (Wildman–Crippen LogP) is 11.3. The Morgan fingerprint density at radius 3 is 1.96 bits per heavy atom. The molecule has 0 aromatic carbocycles. The molecule has 5 aromatic rings. The van der Waals surface area contributed by atoms with Gasteiger partial charge in [-0.05, 0) is 54.5 Å². The van der Waals surface area contributed by atoms with Crippen molar-refractivity contribution in [3.63, 3.8) is 0 Å².